The zero-order chi connectivity index (χ0) is 16.1. The van der Waals surface area contributed by atoms with Crippen LogP contribution in [0.5, 0.6) is 0 Å². The first-order valence-electron chi connectivity index (χ1n) is 8.07. The van der Waals surface area contributed by atoms with Crippen LogP contribution >= 0.6 is 0 Å². The molecule has 2 heteroatoms. The standard InChI is InChI=1S/C21H23NSi/c1-22(19-12-6-3-7-13-19)18-23(2,20-14-8-4-9-15-20)21-16-10-5-11-17-21/h3-17H,18H2,1-2H3. The van der Waals surface area contributed by atoms with Gasteiger partial charge in [-0.2, -0.15) is 0 Å². The molecule has 0 amide bonds. The van der Waals surface area contributed by atoms with Gasteiger partial charge in [0.15, 0.2) is 0 Å². The first-order valence-corrected chi connectivity index (χ1v) is 10.8. The lowest BCUT2D eigenvalue weighted by molar-refractivity contribution is 1.07. The van der Waals surface area contributed by atoms with E-state index in [1.807, 2.05) is 0 Å². The third-order valence-corrected chi connectivity index (χ3v) is 8.89. The maximum atomic E-state index is 2.47. The molecule has 23 heavy (non-hydrogen) atoms. The molecule has 3 rings (SSSR count). The van der Waals surface area contributed by atoms with Gasteiger partial charge in [-0.3, -0.25) is 0 Å². The zero-order valence-electron chi connectivity index (χ0n) is 13.8. The second-order valence-electron chi connectivity index (χ2n) is 6.26. The van der Waals surface area contributed by atoms with Crippen molar-refractivity contribution in [3.63, 3.8) is 0 Å². The van der Waals surface area contributed by atoms with E-state index < -0.39 is 8.07 Å². The molecule has 0 atom stereocenters. The van der Waals surface area contributed by atoms with Crippen LogP contribution in [0.1, 0.15) is 0 Å². The molecule has 0 unspecified atom stereocenters. The van der Waals surface area contributed by atoms with E-state index in [9.17, 15) is 0 Å². The molecule has 3 aromatic rings. The minimum atomic E-state index is -1.82. The van der Waals surface area contributed by atoms with E-state index in [4.69, 9.17) is 0 Å². The molecule has 0 aromatic heterocycles. The highest BCUT2D eigenvalue weighted by Gasteiger charge is 2.33. The quantitative estimate of drug-likeness (QED) is 0.651. The van der Waals surface area contributed by atoms with Crippen molar-refractivity contribution in [3.8, 4) is 0 Å². The van der Waals surface area contributed by atoms with E-state index in [-0.39, 0.29) is 0 Å². The maximum absolute atomic E-state index is 2.47. The zero-order valence-corrected chi connectivity index (χ0v) is 14.8. The second-order valence-corrected chi connectivity index (χ2v) is 10.4. The Morgan fingerprint density at radius 3 is 1.48 bits per heavy atom. The maximum Gasteiger partial charge on any atom is 0.134 e. The van der Waals surface area contributed by atoms with Gasteiger partial charge in [0.05, 0.1) is 0 Å². The molecule has 0 bridgehead atoms. The number of para-hydroxylation sites is 1. The van der Waals surface area contributed by atoms with Gasteiger partial charge in [-0.15, -0.1) is 0 Å². The molecule has 0 saturated carbocycles. The fourth-order valence-electron chi connectivity index (χ4n) is 3.21. The molecule has 0 aliphatic heterocycles. The van der Waals surface area contributed by atoms with Crippen LogP contribution in [0.3, 0.4) is 0 Å². The molecule has 0 radical (unpaired) electrons. The Morgan fingerprint density at radius 2 is 1.04 bits per heavy atom. The minimum Gasteiger partial charge on any atom is -0.377 e. The third kappa shape index (κ3) is 3.38. The van der Waals surface area contributed by atoms with Crippen LogP contribution in [0.4, 0.5) is 5.69 Å². The van der Waals surface area contributed by atoms with E-state index in [1.54, 1.807) is 0 Å². The van der Waals surface area contributed by atoms with Gasteiger partial charge in [0, 0.05) is 18.9 Å². The van der Waals surface area contributed by atoms with Crippen molar-refractivity contribution in [2.24, 2.45) is 0 Å². The monoisotopic (exact) mass is 317 g/mol. The summed E-state index contributed by atoms with van der Waals surface area (Å²) in [6, 6.07) is 32.7. The molecule has 0 fully saturated rings. The van der Waals surface area contributed by atoms with Gasteiger partial charge in [0.25, 0.3) is 0 Å². The van der Waals surface area contributed by atoms with Crippen molar-refractivity contribution in [2.75, 3.05) is 18.1 Å². The highest BCUT2D eigenvalue weighted by atomic mass is 28.3. The average molecular weight is 318 g/mol. The largest absolute Gasteiger partial charge is 0.377 e. The van der Waals surface area contributed by atoms with E-state index in [0.717, 1.165) is 6.17 Å². The Bertz CT molecular complexity index is 686. The van der Waals surface area contributed by atoms with E-state index in [0.29, 0.717) is 0 Å². The van der Waals surface area contributed by atoms with Gasteiger partial charge in [-0.25, -0.2) is 0 Å². The SMILES string of the molecule is CN(C[Si](C)(c1ccccc1)c1ccccc1)c1ccccc1. The van der Waals surface area contributed by atoms with Crippen LogP contribution in [0.15, 0.2) is 91.0 Å². The number of rotatable bonds is 5. The highest BCUT2D eigenvalue weighted by molar-refractivity contribution is 7.01. The van der Waals surface area contributed by atoms with Crippen molar-refractivity contribution < 1.29 is 0 Å². The molecule has 0 saturated heterocycles. The molecule has 1 nitrogen and oxygen atoms in total. The highest BCUT2D eigenvalue weighted by Crippen LogP contribution is 2.15. The van der Waals surface area contributed by atoms with Crippen LogP contribution in [0, 0.1) is 0 Å². The van der Waals surface area contributed by atoms with Crippen LogP contribution in [-0.4, -0.2) is 21.3 Å². The van der Waals surface area contributed by atoms with Gasteiger partial charge < -0.3 is 4.90 Å². The Morgan fingerprint density at radius 1 is 0.652 bits per heavy atom. The lowest BCUT2D eigenvalue weighted by Crippen LogP contribution is -2.62. The first kappa shape index (κ1) is 15.6. The number of hydrogen-bond donors (Lipinski definition) is 0. The Kier molecular flexibility index (Phi) is 4.63. The van der Waals surface area contributed by atoms with Crippen molar-refractivity contribution in [1.29, 1.82) is 0 Å². The summed E-state index contributed by atoms with van der Waals surface area (Å²) in [4.78, 5) is 2.40. The van der Waals surface area contributed by atoms with Crippen LogP contribution in [0.25, 0.3) is 0 Å². The summed E-state index contributed by atoms with van der Waals surface area (Å²) in [5.41, 5.74) is 1.28. The Hall–Kier alpha value is -2.32. The van der Waals surface area contributed by atoms with Crippen LogP contribution < -0.4 is 15.3 Å². The first-order chi connectivity index (χ1) is 11.2. The van der Waals surface area contributed by atoms with E-state index >= 15 is 0 Å². The molecule has 0 spiro atoms. The third-order valence-electron chi connectivity index (χ3n) is 4.57. The number of anilines is 1. The lowest BCUT2D eigenvalue weighted by Gasteiger charge is -2.34. The summed E-state index contributed by atoms with van der Waals surface area (Å²) >= 11 is 0. The van der Waals surface area contributed by atoms with Gasteiger partial charge in [-0.05, 0) is 12.1 Å². The predicted octanol–water partition coefficient (Wildman–Crippen LogP) is 3.56. The molecular weight excluding hydrogens is 294 g/mol. The van der Waals surface area contributed by atoms with Gasteiger partial charge in [0.1, 0.15) is 8.07 Å². The van der Waals surface area contributed by atoms with Gasteiger partial charge in [0.2, 0.25) is 0 Å². The normalized spacial score (nSPS) is 11.2. The van der Waals surface area contributed by atoms with Gasteiger partial charge in [-0.1, -0.05) is 95.8 Å². The molecule has 3 aromatic carbocycles. The Labute approximate surface area is 140 Å². The smallest absolute Gasteiger partial charge is 0.134 e. The summed E-state index contributed by atoms with van der Waals surface area (Å²) in [5.74, 6) is 0. The van der Waals surface area contributed by atoms with Gasteiger partial charge >= 0.3 is 0 Å². The van der Waals surface area contributed by atoms with E-state index in [2.05, 4.69) is 109 Å². The summed E-state index contributed by atoms with van der Waals surface area (Å²) in [6.45, 7) is 2.47. The number of nitrogens with zero attached hydrogens (tertiary/aromatic N) is 1. The van der Waals surface area contributed by atoms with Crippen molar-refractivity contribution >= 4 is 24.1 Å². The second kappa shape index (κ2) is 6.84. The summed E-state index contributed by atoms with van der Waals surface area (Å²) in [5, 5.41) is 2.96. The fourth-order valence-corrected chi connectivity index (χ4v) is 6.90. The topological polar surface area (TPSA) is 3.24 Å². The molecule has 0 aliphatic carbocycles. The summed E-state index contributed by atoms with van der Waals surface area (Å²) in [6.07, 6.45) is 1.06. The van der Waals surface area contributed by atoms with E-state index in [1.165, 1.54) is 16.1 Å². The molecule has 0 N–H and O–H groups in total. The number of benzene rings is 3. The van der Waals surface area contributed by atoms with Crippen LogP contribution in [-0.2, 0) is 0 Å². The molecular formula is C21H23NSi. The van der Waals surface area contributed by atoms with Crippen molar-refractivity contribution in [3.05, 3.63) is 91.0 Å². The molecule has 0 aliphatic rings. The van der Waals surface area contributed by atoms with Crippen LogP contribution in [0.2, 0.25) is 6.55 Å². The molecule has 0 heterocycles. The summed E-state index contributed by atoms with van der Waals surface area (Å²) in [7, 11) is 0.379. The van der Waals surface area contributed by atoms with Crippen molar-refractivity contribution in [1.82, 2.24) is 0 Å². The fraction of sp³-hybridized carbons (Fsp3) is 0.143. The molecule has 116 valence electrons. The number of hydrogen-bond acceptors (Lipinski definition) is 1. The predicted molar refractivity (Wildman–Crippen MR) is 103 cm³/mol. The van der Waals surface area contributed by atoms with Crippen molar-refractivity contribution in [2.45, 2.75) is 6.55 Å². The Balaban J connectivity index is 2.00. The summed E-state index contributed by atoms with van der Waals surface area (Å²) < 4.78 is 0. The average Bonchev–Trinajstić information content (AvgIpc) is 2.64. The minimum absolute atomic E-state index is 1.06. The lowest BCUT2D eigenvalue weighted by atomic mass is 10.3.